The molecule has 0 saturated heterocycles. The number of thioether (sulfide) groups is 1. The van der Waals surface area contributed by atoms with Gasteiger partial charge < -0.3 is 10.4 Å². The van der Waals surface area contributed by atoms with Gasteiger partial charge >= 0.3 is 5.97 Å². The maximum absolute atomic E-state index is 11.9. The van der Waals surface area contributed by atoms with Crippen LogP contribution >= 0.6 is 11.8 Å². The van der Waals surface area contributed by atoms with Crippen molar-refractivity contribution in [3.05, 3.63) is 29.8 Å². The monoisotopic (exact) mass is 281 g/mol. The lowest BCUT2D eigenvalue weighted by molar-refractivity contribution is -0.147. The number of amides is 1. The van der Waals surface area contributed by atoms with Gasteiger partial charge in [0.2, 0.25) is 0 Å². The van der Waals surface area contributed by atoms with Gasteiger partial charge in [-0.3, -0.25) is 9.59 Å². The van der Waals surface area contributed by atoms with Crippen LogP contribution in [0.4, 0.5) is 0 Å². The van der Waals surface area contributed by atoms with Crippen LogP contribution < -0.4 is 5.32 Å². The van der Waals surface area contributed by atoms with Crippen molar-refractivity contribution in [2.45, 2.75) is 25.2 Å². The Bertz CT molecular complexity index is 458. The fourth-order valence-corrected chi connectivity index (χ4v) is 1.88. The van der Waals surface area contributed by atoms with Gasteiger partial charge in [-0.15, -0.1) is 11.8 Å². The van der Waals surface area contributed by atoms with Gasteiger partial charge in [-0.1, -0.05) is 6.92 Å². The van der Waals surface area contributed by atoms with E-state index < -0.39 is 11.4 Å². The summed E-state index contributed by atoms with van der Waals surface area (Å²) < 4.78 is 0. The average Bonchev–Trinajstić information content (AvgIpc) is 2.44. The fourth-order valence-electron chi connectivity index (χ4n) is 1.47. The van der Waals surface area contributed by atoms with Crippen LogP contribution in [0.2, 0.25) is 0 Å². The molecule has 0 radical (unpaired) electrons. The lowest BCUT2D eigenvalue weighted by atomic mass is 9.87. The zero-order valence-corrected chi connectivity index (χ0v) is 12.2. The van der Waals surface area contributed by atoms with E-state index in [-0.39, 0.29) is 12.5 Å². The molecule has 5 heteroatoms. The summed E-state index contributed by atoms with van der Waals surface area (Å²) >= 11 is 1.60. The average molecular weight is 281 g/mol. The van der Waals surface area contributed by atoms with Crippen molar-refractivity contribution >= 4 is 23.6 Å². The molecule has 1 atom stereocenters. The van der Waals surface area contributed by atoms with Crippen molar-refractivity contribution < 1.29 is 14.7 Å². The molecule has 0 aliphatic rings. The topological polar surface area (TPSA) is 66.4 Å². The molecule has 4 nitrogen and oxygen atoms in total. The molecule has 0 aliphatic carbocycles. The summed E-state index contributed by atoms with van der Waals surface area (Å²) in [7, 11) is 0. The molecule has 2 N–H and O–H groups in total. The summed E-state index contributed by atoms with van der Waals surface area (Å²) in [5, 5.41) is 11.8. The van der Waals surface area contributed by atoms with Gasteiger partial charge in [-0.25, -0.2) is 0 Å². The first-order valence-corrected chi connectivity index (χ1v) is 7.31. The van der Waals surface area contributed by atoms with E-state index in [1.54, 1.807) is 37.7 Å². The Morgan fingerprint density at radius 1 is 1.32 bits per heavy atom. The number of carboxylic acid groups (broad SMARTS) is 1. The minimum atomic E-state index is -0.922. The first-order chi connectivity index (χ1) is 8.92. The molecule has 0 saturated carbocycles. The Balaban J connectivity index is 2.66. The van der Waals surface area contributed by atoms with Gasteiger partial charge in [-0.2, -0.15) is 0 Å². The number of hydrogen-bond acceptors (Lipinski definition) is 3. The van der Waals surface area contributed by atoms with E-state index in [0.29, 0.717) is 12.0 Å². The quantitative estimate of drug-likeness (QED) is 0.787. The number of carbonyl (C=O) groups is 2. The van der Waals surface area contributed by atoms with Crippen LogP contribution in [-0.4, -0.2) is 29.8 Å². The van der Waals surface area contributed by atoms with Crippen LogP contribution in [0.25, 0.3) is 0 Å². The third-order valence-electron chi connectivity index (χ3n) is 3.29. The van der Waals surface area contributed by atoms with Crippen LogP contribution in [0.5, 0.6) is 0 Å². The third kappa shape index (κ3) is 3.99. The van der Waals surface area contributed by atoms with Crippen molar-refractivity contribution in [2.75, 3.05) is 12.8 Å². The van der Waals surface area contributed by atoms with E-state index in [1.807, 2.05) is 18.4 Å². The second-order valence-electron chi connectivity index (χ2n) is 4.63. The molecule has 1 aromatic rings. The van der Waals surface area contributed by atoms with Crippen LogP contribution in [-0.2, 0) is 4.79 Å². The molecule has 19 heavy (non-hydrogen) atoms. The Kier molecular flexibility index (Phi) is 5.42. The molecule has 1 aromatic carbocycles. The molecule has 1 rings (SSSR count). The number of aliphatic carboxylic acids is 1. The SMILES string of the molecule is CCC(C)(CNC(=O)c1ccc(SC)cc1)C(=O)O. The Labute approximate surface area is 117 Å². The smallest absolute Gasteiger partial charge is 0.311 e. The van der Waals surface area contributed by atoms with E-state index in [9.17, 15) is 9.59 Å². The zero-order chi connectivity index (χ0) is 14.5. The fraction of sp³-hybridized carbons (Fsp3) is 0.429. The molecule has 0 bridgehead atoms. The Morgan fingerprint density at radius 2 is 1.89 bits per heavy atom. The Morgan fingerprint density at radius 3 is 2.32 bits per heavy atom. The van der Waals surface area contributed by atoms with Crippen molar-refractivity contribution in [3.63, 3.8) is 0 Å². The molecule has 0 aliphatic heterocycles. The van der Waals surface area contributed by atoms with Gasteiger partial charge in [0, 0.05) is 17.0 Å². The van der Waals surface area contributed by atoms with Crippen LogP contribution in [0, 0.1) is 5.41 Å². The highest BCUT2D eigenvalue weighted by atomic mass is 32.2. The number of benzene rings is 1. The van der Waals surface area contributed by atoms with Crippen molar-refractivity contribution in [1.29, 1.82) is 0 Å². The van der Waals surface area contributed by atoms with Gasteiger partial charge in [-0.05, 0) is 43.9 Å². The van der Waals surface area contributed by atoms with Crippen LogP contribution in [0.15, 0.2) is 29.2 Å². The van der Waals surface area contributed by atoms with Gasteiger partial charge in [0.05, 0.1) is 5.41 Å². The Hall–Kier alpha value is -1.49. The second-order valence-corrected chi connectivity index (χ2v) is 5.51. The molecular weight excluding hydrogens is 262 g/mol. The number of nitrogens with one attached hydrogen (secondary N) is 1. The zero-order valence-electron chi connectivity index (χ0n) is 11.4. The minimum absolute atomic E-state index is 0.127. The minimum Gasteiger partial charge on any atom is -0.481 e. The normalized spacial score (nSPS) is 13.6. The number of hydrogen-bond donors (Lipinski definition) is 2. The molecule has 0 aromatic heterocycles. The molecule has 104 valence electrons. The third-order valence-corrected chi connectivity index (χ3v) is 4.03. The van der Waals surface area contributed by atoms with E-state index in [0.717, 1.165) is 4.90 Å². The maximum Gasteiger partial charge on any atom is 0.311 e. The van der Waals surface area contributed by atoms with Crippen LogP contribution in [0.1, 0.15) is 30.6 Å². The van der Waals surface area contributed by atoms with E-state index >= 15 is 0 Å². The second kappa shape index (κ2) is 6.61. The van der Waals surface area contributed by atoms with E-state index in [1.165, 1.54) is 0 Å². The lowest BCUT2D eigenvalue weighted by Crippen LogP contribution is -2.40. The predicted molar refractivity (Wildman–Crippen MR) is 76.6 cm³/mol. The van der Waals surface area contributed by atoms with Gasteiger partial charge in [0.25, 0.3) is 5.91 Å². The highest BCUT2D eigenvalue weighted by molar-refractivity contribution is 7.98. The summed E-state index contributed by atoms with van der Waals surface area (Å²) in [5.74, 6) is -1.14. The van der Waals surface area contributed by atoms with Crippen LogP contribution in [0.3, 0.4) is 0 Å². The standard InChI is InChI=1S/C14H19NO3S/c1-4-14(2,13(17)18)9-15-12(16)10-5-7-11(19-3)8-6-10/h5-8H,4,9H2,1-3H3,(H,15,16)(H,17,18). The predicted octanol–water partition coefficient (Wildman–Crippen LogP) is 2.64. The number of rotatable bonds is 6. The number of carbonyl (C=O) groups excluding carboxylic acids is 1. The van der Waals surface area contributed by atoms with E-state index in [4.69, 9.17) is 5.11 Å². The summed E-state index contributed by atoms with van der Waals surface area (Å²) in [6.07, 6.45) is 2.43. The first kappa shape index (κ1) is 15.6. The van der Waals surface area contributed by atoms with Gasteiger partial charge in [0.1, 0.15) is 0 Å². The summed E-state index contributed by atoms with van der Waals surface area (Å²) in [6, 6.07) is 7.22. The molecule has 0 spiro atoms. The van der Waals surface area contributed by atoms with E-state index in [2.05, 4.69) is 5.32 Å². The summed E-state index contributed by atoms with van der Waals surface area (Å²) in [4.78, 5) is 24.1. The number of carboxylic acids is 1. The summed E-state index contributed by atoms with van der Waals surface area (Å²) in [5.41, 5.74) is -0.379. The largest absolute Gasteiger partial charge is 0.481 e. The first-order valence-electron chi connectivity index (χ1n) is 6.08. The molecule has 0 heterocycles. The molecule has 0 fully saturated rings. The van der Waals surface area contributed by atoms with Crippen molar-refractivity contribution in [2.24, 2.45) is 5.41 Å². The summed E-state index contributed by atoms with van der Waals surface area (Å²) in [6.45, 7) is 3.56. The maximum atomic E-state index is 11.9. The van der Waals surface area contributed by atoms with Crippen molar-refractivity contribution in [3.8, 4) is 0 Å². The van der Waals surface area contributed by atoms with Crippen molar-refractivity contribution in [1.82, 2.24) is 5.32 Å². The highest BCUT2D eigenvalue weighted by Gasteiger charge is 2.31. The van der Waals surface area contributed by atoms with Gasteiger partial charge in [0.15, 0.2) is 0 Å². The highest BCUT2D eigenvalue weighted by Crippen LogP contribution is 2.20. The molecule has 1 unspecified atom stereocenters. The lowest BCUT2D eigenvalue weighted by Gasteiger charge is -2.23. The molecular formula is C14H19NO3S. The molecule has 1 amide bonds.